The minimum absolute atomic E-state index is 0.334. The highest BCUT2D eigenvalue weighted by Gasteiger charge is 2.13. The summed E-state index contributed by atoms with van der Waals surface area (Å²) in [5.41, 5.74) is 5.08. The highest BCUT2D eigenvalue weighted by atomic mass is 16.5. The monoisotopic (exact) mass is 211 g/mol. The van der Waals surface area contributed by atoms with Crippen molar-refractivity contribution in [1.82, 2.24) is 5.48 Å². The number of benzene rings is 1. The summed E-state index contributed by atoms with van der Waals surface area (Å²) in [4.78, 5) is 0. The van der Waals surface area contributed by atoms with Gasteiger partial charge in [-0.3, -0.25) is 0 Å². The quantitative estimate of drug-likeness (QED) is 0.746. The number of hydrogen-bond donors (Lipinski definition) is 2. The van der Waals surface area contributed by atoms with Crippen molar-refractivity contribution >= 4 is 0 Å². The predicted octanol–water partition coefficient (Wildman–Crippen LogP) is 1.80. The van der Waals surface area contributed by atoms with Crippen LogP contribution in [0.3, 0.4) is 0 Å². The van der Waals surface area contributed by atoms with Gasteiger partial charge in [0.25, 0.3) is 0 Å². The molecule has 1 aromatic rings. The van der Waals surface area contributed by atoms with Crippen LogP contribution >= 0.6 is 0 Å². The van der Waals surface area contributed by atoms with Crippen molar-refractivity contribution in [3.63, 3.8) is 0 Å². The number of hydrogen-bond acceptors (Lipinski definition) is 4. The van der Waals surface area contributed by atoms with Gasteiger partial charge in [-0.15, -0.1) is 0 Å². The lowest BCUT2D eigenvalue weighted by Gasteiger charge is -2.16. The summed E-state index contributed by atoms with van der Waals surface area (Å²) in [6.45, 7) is 4.28. The summed E-state index contributed by atoms with van der Waals surface area (Å²) in [6.07, 6.45) is 0. The van der Waals surface area contributed by atoms with Crippen LogP contribution in [0, 0.1) is 13.8 Å². The van der Waals surface area contributed by atoms with Gasteiger partial charge in [0.1, 0.15) is 11.5 Å². The van der Waals surface area contributed by atoms with Gasteiger partial charge >= 0.3 is 0 Å². The second kappa shape index (κ2) is 5.00. The van der Waals surface area contributed by atoms with Crippen LogP contribution in [0.4, 0.5) is 0 Å². The third kappa shape index (κ3) is 2.22. The van der Waals surface area contributed by atoms with Crippen LogP contribution in [0.2, 0.25) is 0 Å². The van der Waals surface area contributed by atoms with E-state index in [0.717, 1.165) is 28.2 Å². The van der Waals surface area contributed by atoms with E-state index in [0.29, 0.717) is 6.54 Å². The van der Waals surface area contributed by atoms with E-state index in [2.05, 4.69) is 5.48 Å². The molecule has 0 spiro atoms. The molecule has 4 heteroatoms. The van der Waals surface area contributed by atoms with Gasteiger partial charge in [0.2, 0.25) is 0 Å². The first-order valence-corrected chi connectivity index (χ1v) is 4.73. The summed E-state index contributed by atoms with van der Waals surface area (Å²) in [6, 6.07) is 1.87. The standard InChI is InChI=1S/C11H17NO3/c1-7-8(2)11(15-4)9(6-12-13)5-10(7)14-3/h5,12-13H,6H2,1-4H3. The number of ether oxygens (including phenoxy) is 2. The Morgan fingerprint density at radius 3 is 2.33 bits per heavy atom. The zero-order valence-corrected chi connectivity index (χ0v) is 9.55. The van der Waals surface area contributed by atoms with Crippen molar-refractivity contribution in [3.8, 4) is 11.5 Å². The fourth-order valence-electron chi connectivity index (χ4n) is 1.64. The van der Waals surface area contributed by atoms with Crippen LogP contribution in [-0.2, 0) is 6.54 Å². The number of hydroxylamine groups is 1. The van der Waals surface area contributed by atoms with Crippen LogP contribution in [0.15, 0.2) is 6.07 Å². The molecule has 0 aliphatic rings. The molecule has 84 valence electrons. The maximum Gasteiger partial charge on any atom is 0.126 e. The fourth-order valence-corrected chi connectivity index (χ4v) is 1.64. The third-order valence-corrected chi connectivity index (χ3v) is 2.56. The van der Waals surface area contributed by atoms with E-state index in [-0.39, 0.29) is 0 Å². The van der Waals surface area contributed by atoms with Crippen LogP contribution in [0.1, 0.15) is 16.7 Å². The lowest BCUT2D eigenvalue weighted by atomic mass is 10.0. The van der Waals surface area contributed by atoms with Crippen molar-refractivity contribution in [2.45, 2.75) is 20.4 Å². The molecule has 15 heavy (non-hydrogen) atoms. The Bertz CT molecular complexity index is 350. The van der Waals surface area contributed by atoms with Gasteiger partial charge in [0.05, 0.1) is 14.2 Å². The topological polar surface area (TPSA) is 50.7 Å². The van der Waals surface area contributed by atoms with Gasteiger partial charge in [0.15, 0.2) is 0 Å². The number of rotatable bonds is 4. The SMILES string of the molecule is COc1cc(CNO)c(OC)c(C)c1C. The molecule has 0 atom stereocenters. The van der Waals surface area contributed by atoms with Crippen LogP contribution in [-0.4, -0.2) is 19.4 Å². The summed E-state index contributed by atoms with van der Waals surface area (Å²) < 4.78 is 10.5. The molecule has 2 N–H and O–H groups in total. The molecule has 0 fully saturated rings. The van der Waals surface area contributed by atoms with E-state index in [1.54, 1.807) is 14.2 Å². The predicted molar refractivity (Wildman–Crippen MR) is 57.6 cm³/mol. The smallest absolute Gasteiger partial charge is 0.126 e. The number of nitrogens with one attached hydrogen (secondary N) is 1. The molecule has 0 aliphatic heterocycles. The summed E-state index contributed by atoms with van der Waals surface area (Å²) >= 11 is 0. The molecule has 0 unspecified atom stereocenters. The molecule has 0 aliphatic carbocycles. The first-order chi connectivity index (χ1) is 7.15. The van der Waals surface area contributed by atoms with Gasteiger partial charge in [-0.05, 0) is 31.0 Å². The third-order valence-electron chi connectivity index (χ3n) is 2.56. The molecule has 0 saturated carbocycles. The summed E-state index contributed by atoms with van der Waals surface area (Å²) in [7, 11) is 3.25. The van der Waals surface area contributed by atoms with Gasteiger partial charge in [-0.1, -0.05) is 0 Å². The molecule has 1 rings (SSSR count). The van der Waals surface area contributed by atoms with Crippen molar-refractivity contribution < 1.29 is 14.7 Å². The zero-order valence-electron chi connectivity index (χ0n) is 9.55. The second-order valence-corrected chi connectivity index (χ2v) is 3.36. The Morgan fingerprint density at radius 2 is 1.87 bits per heavy atom. The Hall–Kier alpha value is -1.26. The van der Waals surface area contributed by atoms with Crippen molar-refractivity contribution in [1.29, 1.82) is 0 Å². The summed E-state index contributed by atoms with van der Waals surface area (Å²) in [5, 5.41) is 8.72. The van der Waals surface area contributed by atoms with Gasteiger partial charge in [-0.2, -0.15) is 0 Å². The Kier molecular flexibility index (Phi) is 3.94. The van der Waals surface area contributed by atoms with Crippen molar-refractivity contribution in [2.75, 3.05) is 14.2 Å². The minimum Gasteiger partial charge on any atom is -0.496 e. The van der Waals surface area contributed by atoms with Gasteiger partial charge in [0, 0.05) is 12.1 Å². The minimum atomic E-state index is 0.334. The molecule has 0 bridgehead atoms. The molecule has 1 aromatic carbocycles. The molecule has 0 amide bonds. The highest BCUT2D eigenvalue weighted by molar-refractivity contribution is 5.52. The van der Waals surface area contributed by atoms with E-state index >= 15 is 0 Å². The molecule has 0 heterocycles. The average Bonchev–Trinajstić information content (AvgIpc) is 2.24. The van der Waals surface area contributed by atoms with Crippen LogP contribution < -0.4 is 15.0 Å². The molecule has 0 radical (unpaired) electrons. The Morgan fingerprint density at radius 1 is 1.20 bits per heavy atom. The van der Waals surface area contributed by atoms with Crippen LogP contribution in [0.5, 0.6) is 11.5 Å². The van der Waals surface area contributed by atoms with Gasteiger partial charge < -0.3 is 14.7 Å². The molecular formula is C11H17NO3. The van der Waals surface area contributed by atoms with E-state index in [9.17, 15) is 0 Å². The van der Waals surface area contributed by atoms with E-state index in [1.807, 2.05) is 19.9 Å². The van der Waals surface area contributed by atoms with Crippen LogP contribution in [0.25, 0.3) is 0 Å². The summed E-state index contributed by atoms with van der Waals surface area (Å²) in [5.74, 6) is 1.59. The maximum atomic E-state index is 8.72. The lowest BCUT2D eigenvalue weighted by molar-refractivity contribution is 0.160. The van der Waals surface area contributed by atoms with E-state index < -0.39 is 0 Å². The molecule has 0 saturated heterocycles. The first-order valence-electron chi connectivity index (χ1n) is 4.73. The first kappa shape index (κ1) is 11.8. The molecule has 0 aromatic heterocycles. The average molecular weight is 211 g/mol. The second-order valence-electron chi connectivity index (χ2n) is 3.36. The van der Waals surface area contributed by atoms with Crippen molar-refractivity contribution in [2.24, 2.45) is 0 Å². The van der Waals surface area contributed by atoms with Crippen molar-refractivity contribution in [3.05, 3.63) is 22.8 Å². The normalized spacial score (nSPS) is 10.2. The lowest BCUT2D eigenvalue weighted by Crippen LogP contribution is -2.09. The zero-order chi connectivity index (χ0) is 11.4. The van der Waals surface area contributed by atoms with E-state index in [4.69, 9.17) is 14.7 Å². The maximum absolute atomic E-state index is 8.72. The van der Waals surface area contributed by atoms with E-state index in [1.165, 1.54) is 0 Å². The van der Waals surface area contributed by atoms with Gasteiger partial charge in [-0.25, -0.2) is 5.48 Å². The highest BCUT2D eigenvalue weighted by Crippen LogP contribution is 2.33. The number of methoxy groups -OCH3 is 2. The molecule has 4 nitrogen and oxygen atoms in total. The Balaban J connectivity index is 3.30. The fraction of sp³-hybridized carbons (Fsp3) is 0.455. The molecular weight excluding hydrogens is 194 g/mol. The largest absolute Gasteiger partial charge is 0.496 e. The Labute approximate surface area is 89.8 Å².